The van der Waals surface area contributed by atoms with Gasteiger partial charge in [0.15, 0.2) is 0 Å². The molecular formula is C6H16BrHf. The third-order valence-corrected chi connectivity index (χ3v) is 12.3. The predicted octanol–water partition coefficient (Wildman–Crippen LogP) is 3.50. The third-order valence-electron chi connectivity index (χ3n) is 1.50. The standard InChI is InChI=1S/3C2H5.BrH.Hf/c3*1-2;;/h3*1H2,2H3;1H;. The summed E-state index contributed by atoms with van der Waals surface area (Å²) in [6.07, 6.45) is 0. The molecule has 0 saturated heterocycles. The van der Waals surface area contributed by atoms with Gasteiger partial charge in [0.25, 0.3) is 0 Å². The van der Waals surface area contributed by atoms with E-state index in [1.165, 1.54) is 0 Å². The van der Waals surface area contributed by atoms with Gasteiger partial charge in [-0.05, 0) is 0 Å². The first-order valence-electron chi connectivity index (χ1n) is 3.18. The van der Waals surface area contributed by atoms with Crippen LogP contribution in [0.4, 0.5) is 0 Å². The summed E-state index contributed by atoms with van der Waals surface area (Å²) in [6, 6.07) is 0. The van der Waals surface area contributed by atoms with Crippen LogP contribution < -0.4 is 0 Å². The average Bonchev–Trinajstić information content (AvgIpc) is 1.72. The third kappa shape index (κ3) is 5.49. The van der Waals surface area contributed by atoms with E-state index in [4.69, 9.17) is 0 Å². The van der Waals surface area contributed by atoms with E-state index >= 15 is 0 Å². The van der Waals surface area contributed by atoms with Crippen LogP contribution in [0, 0.1) is 0 Å². The average molecular weight is 347 g/mol. The van der Waals surface area contributed by atoms with Crippen LogP contribution in [-0.4, -0.2) is 0 Å². The number of hydrogen-bond donors (Lipinski definition) is 0. The molecule has 0 aliphatic rings. The van der Waals surface area contributed by atoms with Gasteiger partial charge >= 0.3 is 54.7 Å². The number of rotatable bonds is 3. The summed E-state index contributed by atoms with van der Waals surface area (Å²) < 4.78 is 4.70. The molecule has 0 N–H and O–H groups in total. The second-order valence-electron chi connectivity index (χ2n) is 1.81. The maximum absolute atomic E-state index is 2.36. The van der Waals surface area contributed by atoms with Gasteiger partial charge in [-0.15, -0.1) is 17.0 Å². The van der Waals surface area contributed by atoms with Crippen molar-refractivity contribution in [1.82, 2.24) is 0 Å². The molecule has 0 nitrogen and oxygen atoms in total. The molecule has 0 amide bonds. The molecule has 0 atom stereocenters. The van der Waals surface area contributed by atoms with Crippen LogP contribution in [0.25, 0.3) is 0 Å². The molecule has 0 rings (SSSR count). The monoisotopic (exact) mass is 347 g/mol. The van der Waals surface area contributed by atoms with E-state index in [1.54, 1.807) is 12.5 Å². The molecule has 0 heterocycles. The zero-order chi connectivity index (χ0) is 5.70. The van der Waals surface area contributed by atoms with Crippen LogP contribution in [0.3, 0.4) is 0 Å². The molecule has 0 aliphatic heterocycles. The van der Waals surface area contributed by atoms with E-state index in [-0.39, 0.29) is 17.0 Å². The van der Waals surface area contributed by atoms with Gasteiger partial charge in [0.1, 0.15) is 0 Å². The Morgan fingerprint density at radius 2 is 1.12 bits per heavy atom. The molecule has 8 heavy (non-hydrogen) atoms. The van der Waals surface area contributed by atoms with Crippen molar-refractivity contribution >= 4 is 17.0 Å². The van der Waals surface area contributed by atoms with Crippen LogP contribution in [-0.2, 0) is 21.4 Å². The zero-order valence-corrected chi connectivity index (χ0v) is 11.3. The van der Waals surface area contributed by atoms with Gasteiger partial charge in [-0.1, -0.05) is 0 Å². The summed E-state index contributed by atoms with van der Waals surface area (Å²) in [6.45, 7) is 7.07. The van der Waals surface area contributed by atoms with Crippen LogP contribution in [0.15, 0.2) is 0 Å². The first kappa shape index (κ1) is 12.1. The summed E-state index contributed by atoms with van der Waals surface area (Å²) >= 11 is -0.789. The SMILES string of the molecule is Br.C[CH2][Hf]([CH2]C)[CH2]C. The van der Waals surface area contributed by atoms with Crippen molar-refractivity contribution in [2.24, 2.45) is 0 Å². The van der Waals surface area contributed by atoms with Crippen molar-refractivity contribution in [1.29, 1.82) is 0 Å². The molecule has 0 fully saturated rings. The summed E-state index contributed by atoms with van der Waals surface area (Å²) in [5, 5.41) is 0. The molecular weight excluding hydrogens is 330 g/mol. The summed E-state index contributed by atoms with van der Waals surface area (Å²) in [7, 11) is 0. The second-order valence-corrected chi connectivity index (χ2v) is 14.8. The van der Waals surface area contributed by atoms with E-state index in [1.807, 2.05) is 0 Å². The molecule has 51 valence electrons. The molecule has 0 aliphatic carbocycles. The molecule has 0 aromatic rings. The summed E-state index contributed by atoms with van der Waals surface area (Å²) in [5.74, 6) is 0. The van der Waals surface area contributed by atoms with Crippen LogP contribution in [0.2, 0.25) is 12.5 Å². The predicted molar refractivity (Wildman–Crippen MR) is 41.8 cm³/mol. The molecule has 0 aromatic carbocycles. The zero-order valence-electron chi connectivity index (χ0n) is 6.03. The van der Waals surface area contributed by atoms with Gasteiger partial charge in [0.2, 0.25) is 0 Å². The van der Waals surface area contributed by atoms with Crippen molar-refractivity contribution < 1.29 is 21.4 Å². The Hall–Kier alpha value is 1.35. The fourth-order valence-electron chi connectivity index (χ4n) is 0.750. The van der Waals surface area contributed by atoms with E-state index in [2.05, 4.69) is 20.8 Å². The van der Waals surface area contributed by atoms with Crippen LogP contribution in [0.5, 0.6) is 0 Å². The topological polar surface area (TPSA) is 0 Å². The van der Waals surface area contributed by atoms with Gasteiger partial charge in [0.05, 0.1) is 0 Å². The Balaban J connectivity index is 0. The van der Waals surface area contributed by atoms with Gasteiger partial charge in [-0.3, -0.25) is 0 Å². The molecule has 0 spiro atoms. The fraction of sp³-hybridized carbons (Fsp3) is 1.00. The Bertz CT molecular complexity index is 30.0. The Labute approximate surface area is 71.4 Å². The summed E-state index contributed by atoms with van der Waals surface area (Å²) in [5.41, 5.74) is 0. The molecule has 0 saturated carbocycles. The maximum atomic E-state index is 2.36. The van der Waals surface area contributed by atoms with Crippen LogP contribution >= 0.6 is 17.0 Å². The normalized spacial score (nSPS) is 7.88. The molecule has 0 radical (unpaired) electrons. The van der Waals surface area contributed by atoms with E-state index < -0.39 is 21.4 Å². The first-order chi connectivity index (χ1) is 3.35. The first-order valence-corrected chi connectivity index (χ1v) is 10.8. The van der Waals surface area contributed by atoms with Crippen molar-refractivity contribution in [3.05, 3.63) is 0 Å². The van der Waals surface area contributed by atoms with Crippen molar-refractivity contribution in [3.63, 3.8) is 0 Å². The summed E-state index contributed by atoms with van der Waals surface area (Å²) in [4.78, 5) is 0. The Morgan fingerprint density at radius 1 is 0.875 bits per heavy atom. The van der Waals surface area contributed by atoms with E-state index in [0.29, 0.717) is 0 Å². The quantitative estimate of drug-likeness (QED) is 0.686. The molecule has 0 aromatic heterocycles. The van der Waals surface area contributed by atoms with Gasteiger partial charge < -0.3 is 0 Å². The number of hydrogen-bond acceptors (Lipinski definition) is 0. The van der Waals surface area contributed by atoms with Crippen LogP contribution in [0.1, 0.15) is 20.8 Å². The van der Waals surface area contributed by atoms with Gasteiger partial charge in [0, 0.05) is 0 Å². The van der Waals surface area contributed by atoms with Crippen molar-refractivity contribution in [2.75, 3.05) is 0 Å². The Morgan fingerprint density at radius 3 is 1.12 bits per heavy atom. The van der Waals surface area contributed by atoms with E-state index in [0.717, 1.165) is 0 Å². The second kappa shape index (κ2) is 8.35. The number of halogens is 1. The fourth-order valence-corrected chi connectivity index (χ4v) is 6.14. The minimum absolute atomic E-state index is 0. The minimum atomic E-state index is -0.789. The van der Waals surface area contributed by atoms with Gasteiger partial charge in [-0.25, -0.2) is 0 Å². The molecule has 0 unspecified atom stereocenters. The molecule has 0 bridgehead atoms. The van der Waals surface area contributed by atoms with Crippen molar-refractivity contribution in [2.45, 2.75) is 33.3 Å². The van der Waals surface area contributed by atoms with E-state index in [9.17, 15) is 0 Å². The molecule has 2 heteroatoms. The Kier molecular flexibility index (Phi) is 12.6. The van der Waals surface area contributed by atoms with Crippen molar-refractivity contribution in [3.8, 4) is 0 Å². The van der Waals surface area contributed by atoms with Gasteiger partial charge in [-0.2, -0.15) is 0 Å².